The average molecular weight is 390 g/mol. The number of benzene rings is 1. The van der Waals surface area contributed by atoms with Gasteiger partial charge in [-0.3, -0.25) is 4.79 Å². The molecule has 0 spiro atoms. The minimum absolute atomic E-state index is 0. The van der Waals surface area contributed by atoms with Gasteiger partial charge in [0, 0.05) is 18.8 Å². The Kier molecular flexibility index (Phi) is 8.34. The number of carbonyl (C=O) groups excluding carboxylic acids is 1. The van der Waals surface area contributed by atoms with Gasteiger partial charge >= 0.3 is 0 Å². The lowest BCUT2D eigenvalue weighted by Gasteiger charge is -2.23. The van der Waals surface area contributed by atoms with E-state index in [0.717, 1.165) is 25.8 Å². The van der Waals surface area contributed by atoms with Crippen LogP contribution in [0, 0.1) is 6.92 Å². The molecular formula is C17H28ClN3O3S. The van der Waals surface area contributed by atoms with Gasteiger partial charge in [-0.25, -0.2) is 8.42 Å². The van der Waals surface area contributed by atoms with Crippen LogP contribution in [0.4, 0.5) is 5.69 Å². The molecule has 1 aliphatic rings. The summed E-state index contributed by atoms with van der Waals surface area (Å²) >= 11 is 0. The zero-order chi connectivity index (χ0) is 17.7. The summed E-state index contributed by atoms with van der Waals surface area (Å²) in [5.41, 5.74) is 1.19. The Morgan fingerprint density at radius 1 is 1.28 bits per heavy atom. The van der Waals surface area contributed by atoms with Crippen molar-refractivity contribution in [2.24, 2.45) is 0 Å². The molecule has 1 fully saturated rings. The van der Waals surface area contributed by atoms with Crippen LogP contribution in [0.2, 0.25) is 0 Å². The summed E-state index contributed by atoms with van der Waals surface area (Å²) in [5.74, 6) is -0.107. The quantitative estimate of drug-likeness (QED) is 0.783. The van der Waals surface area contributed by atoms with E-state index in [0.29, 0.717) is 24.3 Å². The van der Waals surface area contributed by atoms with Crippen molar-refractivity contribution in [2.45, 2.75) is 51.0 Å². The van der Waals surface area contributed by atoms with Crippen LogP contribution in [-0.4, -0.2) is 44.3 Å². The molecule has 0 aliphatic carbocycles. The lowest BCUT2D eigenvalue weighted by Crippen LogP contribution is -2.43. The summed E-state index contributed by atoms with van der Waals surface area (Å²) < 4.78 is 26.9. The minimum Gasteiger partial charge on any atom is -0.325 e. The molecule has 1 saturated heterocycles. The molecule has 1 atom stereocenters. The molecule has 6 nitrogen and oxygen atoms in total. The third-order valence-corrected chi connectivity index (χ3v) is 6.60. The number of nitrogens with zero attached hydrogens (tertiary/aromatic N) is 1. The maximum atomic E-state index is 12.8. The highest BCUT2D eigenvalue weighted by atomic mass is 35.5. The van der Waals surface area contributed by atoms with Crippen molar-refractivity contribution < 1.29 is 13.2 Å². The van der Waals surface area contributed by atoms with Crippen molar-refractivity contribution in [1.82, 2.24) is 9.62 Å². The first-order valence-electron chi connectivity index (χ1n) is 8.55. The summed E-state index contributed by atoms with van der Waals surface area (Å²) in [7, 11) is -3.55. The van der Waals surface area contributed by atoms with Crippen LogP contribution in [0.5, 0.6) is 0 Å². The fourth-order valence-corrected chi connectivity index (χ4v) is 4.67. The molecule has 25 heavy (non-hydrogen) atoms. The lowest BCUT2D eigenvalue weighted by molar-refractivity contribution is -0.118. The van der Waals surface area contributed by atoms with Crippen molar-refractivity contribution in [3.8, 4) is 0 Å². The largest absolute Gasteiger partial charge is 0.325 e. The first kappa shape index (κ1) is 21.9. The molecule has 2 rings (SSSR count). The van der Waals surface area contributed by atoms with E-state index in [4.69, 9.17) is 0 Å². The van der Waals surface area contributed by atoms with Gasteiger partial charge in [0.2, 0.25) is 15.9 Å². The second-order valence-corrected chi connectivity index (χ2v) is 7.97. The Bertz CT molecular complexity index is 684. The summed E-state index contributed by atoms with van der Waals surface area (Å²) in [6, 6.07) is 4.84. The summed E-state index contributed by atoms with van der Waals surface area (Å²) in [6.45, 7) is 7.08. The number of halogens is 1. The van der Waals surface area contributed by atoms with Crippen molar-refractivity contribution >= 4 is 34.0 Å². The second-order valence-electron chi connectivity index (χ2n) is 6.06. The van der Waals surface area contributed by atoms with Gasteiger partial charge < -0.3 is 10.6 Å². The average Bonchev–Trinajstić information content (AvgIpc) is 2.58. The molecule has 0 radical (unpaired) electrons. The second kappa shape index (κ2) is 9.52. The van der Waals surface area contributed by atoms with Gasteiger partial charge in [0.25, 0.3) is 0 Å². The number of piperidine rings is 1. The third kappa shape index (κ3) is 5.17. The molecule has 0 bridgehead atoms. The van der Waals surface area contributed by atoms with E-state index in [9.17, 15) is 13.2 Å². The minimum atomic E-state index is -3.55. The van der Waals surface area contributed by atoms with Gasteiger partial charge in [0.1, 0.15) is 0 Å². The highest BCUT2D eigenvalue weighted by molar-refractivity contribution is 7.89. The highest BCUT2D eigenvalue weighted by Crippen LogP contribution is 2.24. The summed E-state index contributed by atoms with van der Waals surface area (Å²) in [6.07, 6.45) is 2.92. The topological polar surface area (TPSA) is 78.5 Å². The fraction of sp³-hybridized carbons (Fsp3) is 0.588. The normalized spacial score (nSPS) is 17.8. The number of sulfonamides is 1. The van der Waals surface area contributed by atoms with Gasteiger partial charge in [0.05, 0.1) is 10.9 Å². The monoisotopic (exact) mass is 389 g/mol. The number of amides is 1. The van der Waals surface area contributed by atoms with Crippen LogP contribution in [0.3, 0.4) is 0 Å². The molecule has 1 heterocycles. The van der Waals surface area contributed by atoms with Crippen LogP contribution in [0.25, 0.3) is 0 Å². The first-order valence-corrected chi connectivity index (χ1v) is 9.99. The Morgan fingerprint density at radius 2 is 1.96 bits per heavy atom. The number of nitrogens with one attached hydrogen (secondary N) is 2. The van der Waals surface area contributed by atoms with Gasteiger partial charge in [-0.2, -0.15) is 4.31 Å². The van der Waals surface area contributed by atoms with E-state index < -0.39 is 10.0 Å². The molecule has 2 N–H and O–H groups in total. The van der Waals surface area contributed by atoms with Crippen molar-refractivity contribution in [2.75, 3.05) is 25.0 Å². The van der Waals surface area contributed by atoms with Gasteiger partial charge in [-0.15, -0.1) is 12.4 Å². The smallest absolute Gasteiger partial charge is 0.243 e. The first-order chi connectivity index (χ1) is 11.4. The fourth-order valence-electron chi connectivity index (χ4n) is 2.96. The highest BCUT2D eigenvalue weighted by Gasteiger charge is 2.25. The zero-order valence-electron chi connectivity index (χ0n) is 15.0. The molecule has 1 unspecified atom stereocenters. The lowest BCUT2D eigenvalue weighted by atomic mass is 10.0. The Hall–Kier alpha value is -1.15. The van der Waals surface area contributed by atoms with Gasteiger partial charge in [-0.1, -0.05) is 26.3 Å². The standard InChI is InChI=1S/C17H27N3O3S.ClH/c1-4-20(5-2)24(22,23)16-12-14(10-9-13(16)3)19-17(21)15-8-6-7-11-18-15;/h9-10,12,15,18H,4-8,11H2,1-3H3,(H,19,21);1H. The van der Waals surface area contributed by atoms with E-state index in [1.165, 1.54) is 4.31 Å². The van der Waals surface area contributed by atoms with Crippen LogP contribution in [0.15, 0.2) is 23.1 Å². The predicted octanol–water partition coefficient (Wildman–Crippen LogP) is 2.53. The molecule has 8 heteroatoms. The molecule has 0 aromatic heterocycles. The van der Waals surface area contributed by atoms with E-state index in [1.54, 1.807) is 25.1 Å². The van der Waals surface area contributed by atoms with E-state index >= 15 is 0 Å². The van der Waals surface area contributed by atoms with Crippen molar-refractivity contribution in [1.29, 1.82) is 0 Å². The van der Waals surface area contributed by atoms with E-state index in [1.807, 2.05) is 13.8 Å². The number of carbonyl (C=O) groups is 1. The SMILES string of the molecule is CCN(CC)S(=O)(=O)c1cc(NC(=O)C2CCCCN2)ccc1C.Cl. The van der Waals surface area contributed by atoms with Crippen LogP contribution in [-0.2, 0) is 14.8 Å². The number of rotatable bonds is 6. The number of aryl methyl sites for hydroxylation is 1. The number of hydrogen-bond donors (Lipinski definition) is 2. The third-order valence-electron chi connectivity index (χ3n) is 4.41. The molecular weight excluding hydrogens is 362 g/mol. The van der Waals surface area contributed by atoms with E-state index in [2.05, 4.69) is 10.6 Å². The molecule has 0 saturated carbocycles. The summed E-state index contributed by atoms with van der Waals surface area (Å²) in [5, 5.41) is 6.04. The summed E-state index contributed by atoms with van der Waals surface area (Å²) in [4.78, 5) is 12.6. The Labute approximate surface area is 156 Å². The van der Waals surface area contributed by atoms with Crippen LogP contribution >= 0.6 is 12.4 Å². The number of anilines is 1. The Balaban J connectivity index is 0.00000312. The van der Waals surface area contributed by atoms with Crippen LogP contribution in [0.1, 0.15) is 38.7 Å². The van der Waals surface area contributed by atoms with E-state index in [-0.39, 0.29) is 29.3 Å². The molecule has 1 aromatic rings. The van der Waals surface area contributed by atoms with Gasteiger partial charge in [-0.05, 0) is 44.0 Å². The van der Waals surface area contributed by atoms with Crippen molar-refractivity contribution in [3.63, 3.8) is 0 Å². The number of hydrogen-bond acceptors (Lipinski definition) is 4. The predicted molar refractivity (Wildman–Crippen MR) is 103 cm³/mol. The van der Waals surface area contributed by atoms with Gasteiger partial charge in [0.15, 0.2) is 0 Å². The zero-order valence-corrected chi connectivity index (χ0v) is 16.7. The van der Waals surface area contributed by atoms with Crippen molar-refractivity contribution in [3.05, 3.63) is 23.8 Å². The molecule has 1 aliphatic heterocycles. The maximum Gasteiger partial charge on any atom is 0.243 e. The molecule has 1 aromatic carbocycles. The molecule has 142 valence electrons. The molecule has 1 amide bonds. The maximum absolute atomic E-state index is 12.8. The Morgan fingerprint density at radius 3 is 2.52 bits per heavy atom. The van der Waals surface area contributed by atoms with Crippen LogP contribution < -0.4 is 10.6 Å².